The average molecular weight is 291 g/mol. The first kappa shape index (κ1) is 16.2. The molecule has 0 amide bonds. The van der Waals surface area contributed by atoms with Crippen molar-refractivity contribution in [3.05, 3.63) is 35.6 Å². The topological polar surface area (TPSA) is 20.3 Å². The molecule has 116 valence electrons. The SMILES string of the molecule is CC1CCCC(N(C)CC(C)C(=O)c2ccccc2F)C1. The highest BCUT2D eigenvalue weighted by atomic mass is 19.1. The third-order valence-corrected chi connectivity index (χ3v) is 4.68. The third-order valence-electron chi connectivity index (χ3n) is 4.68. The number of hydrogen-bond donors (Lipinski definition) is 0. The van der Waals surface area contributed by atoms with E-state index in [2.05, 4.69) is 18.9 Å². The molecule has 0 aliphatic heterocycles. The van der Waals surface area contributed by atoms with Crippen LogP contribution in [0.1, 0.15) is 49.9 Å². The Morgan fingerprint density at radius 2 is 2.10 bits per heavy atom. The van der Waals surface area contributed by atoms with Crippen LogP contribution in [0.5, 0.6) is 0 Å². The summed E-state index contributed by atoms with van der Waals surface area (Å²) >= 11 is 0. The minimum absolute atomic E-state index is 0.0937. The lowest BCUT2D eigenvalue weighted by molar-refractivity contribution is 0.0856. The fourth-order valence-electron chi connectivity index (χ4n) is 3.39. The van der Waals surface area contributed by atoms with Crippen molar-refractivity contribution < 1.29 is 9.18 Å². The van der Waals surface area contributed by atoms with Gasteiger partial charge in [0.25, 0.3) is 0 Å². The molecule has 2 nitrogen and oxygen atoms in total. The van der Waals surface area contributed by atoms with Gasteiger partial charge in [-0.05, 0) is 37.9 Å². The van der Waals surface area contributed by atoms with Gasteiger partial charge in [-0.1, -0.05) is 38.8 Å². The molecule has 1 aromatic carbocycles. The number of carbonyl (C=O) groups is 1. The molecule has 0 radical (unpaired) electrons. The number of hydrogen-bond acceptors (Lipinski definition) is 2. The van der Waals surface area contributed by atoms with Crippen LogP contribution < -0.4 is 0 Å². The summed E-state index contributed by atoms with van der Waals surface area (Å²) in [6.07, 6.45) is 5.00. The molecule has 0 N–H and O–H groups in total. The van der Waals surface area contributed by atoms with Crippen LogP contribution in [0.25, 0.3) is 0 Å². The lowest BCUT2D eigenvalue weighted by Gasteiger charge is -2.35. The van der Waals surface area contributed by atoms with Crippen LogP contribution in [0.15, 0.2) is 24.3 Å². The summed E-state index contributed by atoms with van der Waals surface area (Å²) < 4.78 is 13.7. The Morgan fingerprint density at radius 1 is 1.38 bits per heavy atom. The predicted molar refractivity (Wildman–Crippen MR) is 83.9 cm³/mol. The van der Waals surface area contributed by atoms with E-state index in [9.17, 15) is 9.18 Å². The van der Waals surface area contributed by atoms with Crippen LogP contribution in [0.3, 0.4) is 0 Å². The van der Waals surface area contributed by atoms with Crippen molar-refractivity contribution in [1.82, 2.24) is 4.90 Å². The van der Waals surface area contributed by atoms with Crippen molar-refractivity contribution >= 4 is 5.78 Å². The monoisotopic (exact) mass is 291 g/mol. The fourth-order valence-corrected chi connectivity index (χ4v) is 3.39. The van der Waals surface area contributed by atoms with Gasteiger partial charge < -0.3 is 4.90 Å². The van der Waals surface area contributed by atoms with Gasteiger partial charge in [-0.2, -0.15) is 0 Å². The van der Waals surface area contributed by atoms with Crippen molar-refractivity contribution in [2.24, 2.45) is 11.8 Å². The minimum Gasteiger partial charge on any atom is -0.303 e. The summed E-state index contributed by atoms with van der Waals surface area (Å²) in [5.41, 5.74) is 0.218. The van der Waals surface area contributed by atoms with Crippen LogP contribution in [0, 0.1) is 17.7 Å². The first-order chi connectivity index (χ1) is 9.99. The Balaban J connectivity index is 1.95. The Bertz CT molecular complexity index is 488. The molecular formula is C18H26FNO. The summed E-state index contributed by atoms with van der Waals surface area (Å²) in [5.74, 6) is 0.0833. The van der Waals surface area contributed by atoms with Gasteiger partial charge in [0, 0.05) is 18.5 Å². The first-order valence-electron chi connectivity index (χ1n) is 7.98. The van der Waals surface area contributed by atoms with Gasteiger partial charge in [-0.15, -0.1) is 0 Å². The minimum atomic E-state index is -0.414. The third kappa shape index (κ3) is 4.13. The van der Waals surface area contributed by atoms with E-state index in [4.69, 9.17) is 0 Å². The molecule has 21 heavy (non-hydrogen) atoms. The maximum atomic E-state index is 13.7. The summed E-state index contributed by atoms with van der Waals surface area (Å²) in [7, 11) is 2.09. The maximum Gasteiger partial charge on any atom is 0.169 e. The number of benzene rings is 1. The van der Waals surface area contributed by atoms with Crippen molar-refractivity contribution in [2.45, 2.75) is 45.6 Å². The fraction of sp³-hybridized carbons (Fsp3) is 0.611. The molecule has 1 aromatic rings. The van der Waals surface area contributed by atoms with Crippen LogP contribution in [-0.4, -0.2) is 30.3 Å². The molecule has 3 heteroatoms. The molecule has 0 saturated heterocycles. The molecule has 0 heterocycles. The Kier molecular flexibility index (Phi) is 5.51. The molecule has 1 saturated carbocycles. The van der Waals surface area contributed by atoms with Gasteiger partial charge in [0.15, 0.2) is 5.78 Å². The molecule has 3 atom stereocenters. The summed E-state index contributed by atoms with van der Waals surface area (Å²) in [4.78, 5) is 14.7. The highest BCUT2D eigenvalue weighted by Crippen LogP contribution is 2.27. The number of ketones is 1. The number of carbonyl (C=O) groups excluding carboxylic acids is 1. The van der Waals surface area contributed by atoms with Crippen molar-refractivity contribution in [3.63, 3.8) is 0 Å². The van der Waals surface area contributed by atoms with Crippen molar-refractivity contribution in [1.29, 1.82) is 0 Å². The Hall–Kier alpha value is -1.22. The molecule has 1 fully saturated rings. The molecular weight excluding hydrogens is 265 g/mol. The normalized spacial score (nSPS) is 24.0. The zero-order chi connectivity index (χ0) is 15.4. The summed E-state index contributed by atoms with van der Waals surface area (Å²) in [6.45, 7) is 4.90. The van der Waals surface area contributed by atoms with E-state index in [0.29, 0.717) is 12.6 Å². The van der Waals surface area contributed by atoms with Gasteiger partial charge in [0.2, 0.25) is 0 Å². The smallest absolute Gasteiger partial charge is 0.169 e. The highest BCUT2D eigenvalue weighted by Gasteiger charge is 2.26. The largest absolute Gasteiger partial charge is 0.303 e. The van der Waals surface area contributed by atoms with E-state index in [1.165, 1.54) is 31.7 Å². The zero-order valence-corrected chi connectivity index (χ0v) is 13.3. The summed E-state index contributed by atoms with van der Waals surface area (Å²) in [6, 6.07) is 6.83. The second-order valence-corrected chi connectivity index (χ2v) is 6.61. The number of nitrogens with zero attached hydrogens (tertiary/aromatic N) is 1. The molecule has 2 rings (SSSR count). The van der Waals surface area contributed by atoms with E-state index >= 15 is 0 Å². The summed E-state index contributed by atoms with van der Waals surface area (Å²) in [5, 5.41) is 0. The van der Waals surface area contributed by atoms with E-state index in [0.717, 1.165) is 5.92 Å². The Morgan fingerprint density at radius 3 is 2.76 bits per heavy atom. The number of rotatable bonds is 5. The molecule has 1 aliphatic carbocycles. The second kappa shape index (κ2) is 7.17. The molecule has 0 bridgehead atoms. The quantitative estimate of drug-likeness (QED) is 0.759. The van der Waals surface area contributed by atoms with Crippen molar-refractivity contribution in [2.75, 3.05) is 13.6 Å². The van der Waals surface area contributed by atoms with Gasteiger partial charge in [0.05, 0.1) is 5.56 Å². The lowest BCUT2D eigenvalue weighted by Crippen LogP contribution is -2.39. The molecule has 0 spiro atoms. The van der Waals surface area contributed by atoms with Gasteiger partial charge in [-0.25, -0.2) is 4.39 Å². The highest BCUT2D eigenvalue weighted by molar-refractivity contribution is 5.98. The second-order valence-electron chi connectivity index (χ2n) is 6.61. The van der Waals surface area contributed by atoms with Crippen LogP contribution in [0.4, 0.5) is 4.39 Å². The number of halogens is 1. The molecule has 1 aliphatic rings. The van der Waals surface area contributed by atoms with Gasteiger partial charge in [-0.3, -0.25) is 4.79 Å². The number of Topliss-reactive ketones (excluding diaryl/α,β-unsaturated/α-hetero) is 1. The molecule has 3 unspecified atom stereocenters. The van der Waals surface area contributed by atoms with E-state index in [1.807, 2.05) is 6.92 Å². The lowest BCUT2D eigenvalue weighted by atomic mass is 9.86. The average Bonchev–Trinajstić information content (AvgIpc) is 2.47. The standard InChI is InChI=1S/C18H26FNO/c1-13-7-6-8-15(11-13)20(3)12-14(2)18(21)16-9-4-5-10-17(16)19/h4-5,9-10,13-15H,6-8,11-12H2,1-3H3. The maximum absolute atomic E-state index is 13.7. The van der Waals surface area contributed by atoms with Crippen LogP contribution in [0.2, 0.25) is 0 Å². The molecule has 0 aromatic heterocycles. The van der Waals surface area contributed by atoms with Gasteiger partial charge in [0.1, 0.15) is 5.82 Å². The van der Waals surface area contributed by atoms with E-state index < -0.39 is 5.82 Å². The zero-order valence-electron chi connectivity index (χ0n) is 13.3. The van der Waals surface area contributed by atoms with Gasteiger partial charge >= 0.3 is 0 Å². The van der Waals surface area contributed by atoms with Crippen molar-refractivity contribution in [3.8, 4) is 0 Å². The van der Waals surface area contributed by atoms with E-state index in [-0.39, 0.29) is 17.3 Å². The van der Waals surface area contributed by atoms with Crippen LogP contribution >= 0.6 is 0 Å². The van der Waals surface area contributed by atoms with E-state index in [1.54, 1.807) is 18.2 Å². The van der Waals surface area contributed by atoms with Crippen LogP contribution in [-0.2, 0) is 0 Å². The first-order valence-corrected chi connectivity index (χ1v) is 7.98. The Labute approximate surface area is 127 Å². The predicted octanol–water partition coefficient (Wildman–Crippen LogP) is 4.16.